The molecule has 1 aliphatic rings. The molecule has 0 radical (unpaired) electrons. The number of furan rings is 1. The van der Waals surface area contributed by atoms with E-state index < -0.39 is 17.5 Å². The highest BCUT2D eigenvalue weighted by Crippen LogP contribution is 2.29. The summed E-state index contributed by atoms with van der Waals surface area (Å²) in [5.41, 5.74) is 0.550. The van der Waals surface area contributed by atoms with E-state index in [9.17, 15) is 14.4 Å². The fourth-order valence-corrected chi connectivity index (χ4v) is 3.11. The van der Waals surface area contributed by atoms with Crippen molar-refractivity contribution in [1.82, 2.24) is 15.1 Å². The minimum Gasteiger partial charge on any atom is -0.467 e. The van der Waals surface area contributed by atoms with Crippen LogP contribution in [0.5, 0.6) is 0 Å². The van der Waals surface area contributed by atoms with Gasteiger partial charge in [-0.15, -0.1) is 0 Å². The van der Waals surface area contributed by atoms with Crippen molar-refractivity contribution < 1.29 is 18.8 Å². The maximum atomic E-state index is 12.9. The monoisotopic (exact) mass is 369 g/mol. The van der Waals surface area contributed by atoms with Crippen molar-refractivity contribution >= 4 is 17.8 Å². The molecular formula is C20H23N3O4. The number of benzene rings is 1. The second-order valence-corrected chi connectivity index (χ2v) is 7.01. The lowest BCUT2D eigenvalue weighted by Gasteiger charge is -2.26. The number of amides is 4. The third-order valence-corrected chi connectivity index (χ3v) is 5.13. The van der Waals surface area contributed by atoms with E-state index in [2.05, 4.69) is 5.32 Å². The van der Waals surface area contributed by atoms with Crippen LogP contribution in [0.2, 0.25) is 0 Å². The lowest BCUT2D eigenvalue weighted by Crippen LogP contribution is -2.44. The molecule has 4 amide bonds. The van der Waals surface area contributed by atoms with Crippen LogP contribution in [0.25, 0.3) is 0 Å². The summed E-state index contributed by atoms with van der Waals surface area (Å²) in [4.78, 5) is 40.4. The molecule has 142 valence electrons. The van der Waals surface area contributed by atoms with E-state index in [-0.39, 0.29) is 18.5 Å². The lowest BCUT2D eigenvalue weighted by molar-refractivity contribution is -0.139. The van der Waals surface area contributed by atoms with Gasteiger partial charge in [-0.05, 0) is 38.5 Å². The van der Waals surface area contributed by atoms with Gasteiger partial charge in [0, 0.05) is 7.05 Å². The second-order valence-electron chi connectivity index (χ2n) is 7.01. The Morgan fingerprint density at radius 1 is 1.26 bits per heavy atom. The number of hydrogen-bond donors (Lipinski definition) is 1. The Labute approximate surface area is 157 Å². The SMILES string of the molecule is Cc1ccc(C2(C)NC(=O)N(CC(=O)N(C)C(C)c3ccco3)C2=O)cc1. The van der Waals surface area contributed by atoms with Gasteiger partial charge in [-0.3, -0.25) is 14.5 Å². The van der Waals surface area contributed by atoms with Gasteiger partial charge in [0.15, 0.2) is 0 Å². The molecule has 1 aromatic heterocycles. The topological polar surface area (TPSA) is 82.9 Å². The average Bonchev–Trinajstić information content (AvgIpc) is 3.25. The third-order valence-electron chi connectivity index (χ3n) is 5.13. The zero-order valence-corrected chi connectivity index (χ0v) is 15.9. The Balaban J connectivity index is 1.75. The number of hydrogen-bond acceptors (Lipinski definition) is 4. The van der Waals surface area contributed by atoms with Gasteiger partial charge in [-0.1, -0.05) is 29.8 Å². The van der Waals surface area contributed by atoms with Gasteiger partial charge in [0.1, 0.15) is 17.8 Å². The van der Waals surface area contributed by atoms with Gasteiger partial charge in [0.2, 0.25) is 5.91 Å². The zero-order chi connectivity index (χ0) is 19.8. The Kier molecular flexibility index (Phi) is 4.78. The van der Waals surface area contributed by atoms with Crippen LogP contribution >= 0.6 is 0 Å². The van der Waals surface area contributed by atoms with E-state index in [1.54, 1.807) is 26.1 Å². The minimum atomic E-state index is -1.18. The largest absolute Gasteiger partial charge is 0.467 e. The van der Waals surface area contributed by atoms with Gasteiger partial charge in [0.25, 0.3) is 5.91 Å². The second kappa shape index (κ2) is 6.90. The predicted molar refractivity (Wildman–Crippen MR) is 98.7 cm³/mol. The molecule has 7 nitrogen and oxygen atoms in total. The van der Waals surface area contributed by atoms with Crippen LogP contribution in [-0.4, -0.2) is 41.2 Å². The van der Waals surface area contributed by atoms with Crippen LogP contribution in [0, 0.1) is 6.92 Å². The molecule has 0 spiro atoms. The van der Waals surface area contributed by atoms with Crippen LogP contribution < -0.4 is 5.32 Å². The Morgan fingerprint density at radius 3 is 2.52 bits per heavy atom. The number of urea groups is 1. The minimum absolute atomic E-state index is 0.309. The Bertz CT molecular complexity index is 860. The average molecular weight is 369 g/mol. The molecule has 0 saturated carbocycles. The summed E-state index contributed by atoms with van der Waals surface area (Å²) in [5, 5.41) is 2.72. The fraction of sp³-hybridized carbons (Fsp3) is 0.350. The summed E-state index contributed by atoms with van der Waals surface area (Å²) in [5.74, 6) is -0.160. The summed E-state index contributed by atoms with van der Waals surface area (Å²) in [7, 11) is 1.62. The molecule has 3 rings (SSSR count). The molecule has 1 N–H and O–H groups in total. The highest BCUT2D eigenvalue weighted by molar-refractivity contribution is 6.09. The molecule has 1 aliphatic heterocycles. The highest BCUT2D eigenvalue weighted by Gasteiger charge is 2.49. The highest BCUT2D eigenvalue weighted by atomic mass is 16.3. The first-order valence-electron chi connectivity index (χ1n) is 8.74. The first-order valence-corrected chi connectivity index (χ1v) is 8.74. The molecule has 2 atom stereocenters. The van der Waals surface area contributed by atoms with Crippen LogP contribution in [-0.2, 0) is 15.1 Å². The van der Waals surface area contributed by atoms with Gasteiger partial charge >= 0.3 is 6.03 Å². The van der Waals surface area contributed by atoms with Crippen molar-refractivity contribution in [3.05, 3.63) is 59.5 Å². The molecule has 1 saturated heterocycles. The summed E-state index contributed by atoms with van der Waals surface area (Å²) >= 11 is 0. The van der Waals surface area contributed by atoms with E-state index in [4.69, 9.17) is 4.42 Å². The first kappa shape index (κ1) is 18.7. The summed E-state index contributed by atoms with van der Waals surface area (Å²) in [6.45, 7) is 5.09. The number of imide groups is 1. The quantitative estimate of drug-likeness (QED) is 0.821. The molecule has 2 heterocycles. The first-order chi connectivity index (χ1) is 12.7. The van der Waals surface area contributed by atoms with Crippen molar-refractivity contribution in [3.8, 4) is 0 Å². The molecular weight excluding hydrogens is 346 g/mol. The summed E-state index contributed by atoms with van der Waals surface area (Å²) < 4.78 is 5.33. The Morgan fingerprint density at radius 2 is 1.93 bits per heavy atom. The number of aryl methyl sites for hydroxylation is 1. The van der Waals surface area contributed by atoms with Gasteiger partial charge in [-0.25, -0.2) is 4.79 Å². The summed E-state index contributed by atoms with van der Waals surface area (Å²) in [6, 6.07) is 10.0. The predicted octanol–water partition coefficient (Wildman–Crippen LogP) is 2.57. The summed E-state index contributed by atoms with van der Waals surface area (Å²) in [6.07, 6.45) is 1.54. The molecule has 0 aliphatic carbocycles. The van der Waals surface area contributed by atoms with Crippen molar-refractivity contribution in [2.24, 2.45) is 0 Å². The van der Waals surface area contributed by atoms with E-state index in [1.165, 1.54) is 11.2 Å². The normalized spacial score (nSPS) is 20.5. The molecule has 2 aromatic rings. The number of nitrogens with one attached hydrogen (secondary N) is 1. The number of carbonyl (C=O) groups excluding carboxylic acids is 3. The maximum absolute atomic E-state index is 12.9. The molecule has 7 heteroatoms. The Hall–Kier alpha value is -3.09. The van der Waals surface area contributed by atoms with Crippen molar-refractivity contribution in [3.63, 3.8) is 0 Å². The molecule has 1 aromatic carbocycles. The third kappa shape index (κ3) is 3.32. The van der Waals surface area contributed by atoms with Crippen LogP contribution in [0.1, 0.15) is 36.8 Å². The maximum Gasteiger partial charge on any atom is 0.325 e. The lowest BCUT2D eigenvalue weighted by atomic mass is 9.91. The van der Waals surface area contributed by atoms with Crippen molar-refractivity contribution in [1.29, 1.82) is 0 Å². The molecule has 1 fully saturated rings. The number of nitrogens with zero attached hydrogens (tertiary/aromatic N) is 2. The van der Waals surface area contributed by atoms with E-state index >= 15 is 0 Å². The molecule has 0 bridgehead atoms. The molecule has 2 unspecified atom stereocenters. The standard InChI is InChI=1S/C20H23N3O4/c1-13-7-9-15(10-8-13)20(3)18(25)23(19(26)21-20)12-17(24)22(4)14(2)16-6-5-11-27-16/h5-11,14H,12H2,1-4H3,(H,21,26). The molecule has 27 heavy (non-hydrogen) atoms. The van der Waals surface area contributed by atoms with Gasteiger partial charge in [-0.2, -0.15) is 0 Å². The van der Waals surface area contributed by atoms with Crippen LogP contribution in [0.3, 0.4) is 0 Å². The fourth-order valence-electron chi connectivity index (χ4n) is 3.11. The number of rotatable bonds is 5. The van der Waals surface area contributed by atoms with Crippen molar-refractivity contribution in [2.75, 3.05) is 13.6 Å². The smallest absolute Gasteiger partial charge is 0.325 e. The van der Waals surface area contributed by atoms with E-state index in [0.717, 1.165) is 10.5 Å². The zero-order valence-electron chi connectivity index (χ0n) is 15.9. The van der Waals surface area contributed by atoms with E-state index in [1.807, 2.05) is 38.1 Å². The number of carbonyl (C=O) groups is 3. The van der Waals surface area contributed by atoms with Crippen LogP contribution in [0.4, 0.5) is 4.79 Å². The van der Waals surface area contributed by atoms with E-state index in [0.29, 0.717) is 11.3 Å². The number of likely N-dealkylation sites (N-methyl/N-ethyl adjacent to an activating group) is 1. The van der Waals surface area contributed by atoms with Gasteiger partial charge < -0.3 is 14.6 Å². The van der Waals surface area contributed by atoms with Gasteiger partial charge in [0.05, 0.1) is 12.3 Å². The van der Waals surface area contributed by atoms with Crippen LogP contribution in [0.15, 0.2) is 47.1 Å². The van der Waals surface area contributed by atoms with Crippen molar-refractivity contribution in [2.45, 2.75) is 32.4 Å².